The highest BCUT2D eigenvalue weighted by Crippen LogP contribution is 2.33. The van der Waals surface area contributed by atoms with E-state index in [1.165, 1.54) is 7.11 Å². The number of benzene rings is 1. The van der Waals surface area contributed by atoms with Gasteiger partial charge in [-0.1, -0.05) is 11.6 Å². The average Bonchev–Trinajstić information content (AvgIpc) is 3.25. The molecular weight excluding hydrogens is 292 g/mol. The molecule has 0 aromatic heterocycles. The lowest BCUT2D eigenvalue weighted by Crippen LogP contribution is -2.26. The van der Waals surface area contributed by atoms with Gasteiger partial charge in [-0.15, -0.1) is 0 Å². The van der Waals surface area contributed by atoms with Crippen LogP contribution in [0.25, 0.3) is 0 Å². The Labute approximate surface area is 129 Å². The molecule has 0 unspecified atom stereocenters. The van der Waals surface area contributed by atoms with Gasteiger partial charge in [-0.2, -0.15) is 0 Å². The summed E-state index contributed by atoms with van der Waals surface area (Å²) in [7, 11) is 1.49. The maximum absolute atomic E-state index is 11.5. The van der Waals surface area contributed by atoms with E-state index in [2.05, 4.69) is 10.6 Å². The lowest BCUT2D eigenvalue weighted by Gasteiger charge is -2.11. The molecule has 6 heteroatoms. The third kappa shape index (κ3) is 5.10. The Morgan fingerprint density at radius 1 is 1.48 bits per heavy atom. The van der Waals surface area contributed by atoms with Crippen molar-refractivity contribution in [1.29, 1.82) is 0 Å². The molecular formula is C15H21ClN2O3. The summed E-state index contributed by atoms with van der Waals surface area (Å²) in [5.41, 5.74) is 0.682. The smallest absolute Gasteiger partial charge is 0.220 e. The minimum Gasteiger partial charge on any atom is -0.504 e. The number of hydrogen-bond acceptors (Lipinski definition) is 4. The van der Waals surface area contributed by atoms with E-state index in [0.717, 1.165) is 19.3 Å². The second-order valence-electron chi connectivity index (χ2n) is 5.24. The molecule has 0 aliphatic heterocycles. The maximum Gasteiger partial charge on any atom is 0.220 e. The zero-order valence-electron chi connectivity index (χ0n) is 12.1. The molecule has 5 nitrogen and oxygen atoms in total. The first kappa shape index (κ1) is 15.9. The molecule has 1 aliphatic carbocycles. The lowest BCUT2D eigenvalue weighted by molar-refractivity contribution is -0.121. The Morgan fingerprint density at radius 3 is 2.90 bits per heavy atom. The zero-order valence-corrected chi connectivity index (χ0v) is 12.9. The van der Waals surface area contributed by atoms with Crippen LogP contribution in [0.1, 0.15) is 31.2 Å². The van der Waals surface area contributed by atoms with Crippen molar-refractivity contribution in [2.24, 2.45) is 0 Å². The first-order chi connectivity index (χ1) is 10.1. The number of hydrogen-bond donors (Lipinski definition) is 3. The van der Waals surface area contributed by atoms with Gasteiger partial charge in [0, 0.05) is 35.7 Å². The van der Waals surface area contributed by atoms with E-state index in [-0.39, 0.29) is 11.7 Å². The van der Waals surface area contributed by atoms with Gasteiger partial charge in [-0.05, 0) is 31.9 Å². The fraction of sp³-hybridized carbons (Fsp3) is 0.533. The Hall–Kier alpha value is -1.46. The third-order valence-corrected chi connectivity index (χ3v) is 3.57. The van der Waals surface area contributed by atoms with Crippen LogP contribution in [0.5, 0.6) is 11.5 Å². The molecule has 1 aromatic carbocycles. The maximum atomic E-state index is 11.5. The van der Waals surface area contributed by atoms with Gasteiger partial charge in [0.15, 0.2) is 11.5 Å². The summed E-state index contributed by atoms with van der Waals surface area (Å²) in [4.78, 5) is 11.5. The first-order valence-corrected chi connectivity index (χ1v) is 7.53. The predicted octanol–water partition coefficient (Wildman–Crippen LogP) is 2.20. The topological polar surface area (TPSA) is 70.6 Å². The number of aromatic hydroxyl groups is 1. The highest BCUT2D eigenvalue weighted by Gasteiger charge is 2.22. The van der Waals surface area contributed by atoms with E-state index in [1.807, 2.05) is 0 Å². The van der Waals surface area contributed by atoms with Crippen LogP contribution in [0, 0.1) is 0 Å². The van der Waals surface area contributed by atoms with Crippen LogP contribution < -0.4 is 15.4 Å². The fourth-order valence-corrected chi connectivity index (χ4v) is 2.27. The van der Waals surface area contributed by atoms with E-state index in [9.17, 15) is 9.90 Å². The normalized spacial score (nSPS) is 14.0. The Morgan fingerprint density at radius 2 is 2.24 bits per heavy atom. The van der Waals surface area contributed by atoms with Crippen LogP contribution in [0.15, 0.2) is 12.1 Å². The third-order valence-electron chi connectivity index (χ3n) is 3.35. The van der Waals surface area contributed by atoms with Crippen LogP contribution in [-0.2, 0) is 11.3 Å². The Bertz CT molecular complexity index is 504. The number of methoxy groups -OCH3 is 1. The van der Waals surface area contributed by atoms with E-state index in [1.54, 1.807) is 12.1 Å². The molecule has 1 aromatic rings. The standard InChI is InChI=1S/C15H21ClN2O3/c1-21-13-8-11(16)7-10(15(13)20)9-17-6-2-3-14(19)18-12-4-5-12/h7-8,12,17,20H,2-6,9H2,1H3,(H,18,19). The summed E-state index contributed by atoms with van der Waals surface area (Å²) in [6, 6.07) is 3.69. The van der Waals surface area contributed by atoms with Crippen LogP contribution in [0.4, 0.5) is 0 Å². The second kappa shape index (κ2) is 7.52. The summed E-state index contributed by atoms with van der Waals surface area (Å²) in [5, 5.41) is 16.6. The van der Waals surface area contributed by atoms with E-state index in [4.69, 9.17) is 16.3 Å². The van der Waals surface area contributed by atoms with Crippen molar-refractivity contribution >= 4 is 17.5 Å². The average molecular weight is 313 g/mol. The highest BCUT2D eigenvalue weighted by molar-refractivity contribution is 6.30. The largest absolute Gasteiger partial charge is 0.504 e. The number of nitrogens with one attached hydrogen (secondary N) is 2. The van der Waals surface area contributed by atoms with Gasteiger partial charge in [-0.3, -0.25) is 4.79 Å². The van der Waals surface area contributed by atoms with Crippen molar-refractivity contribution in [2.75, 3.05) is 13.7 Å². The molecule has 1 aliphatic rings. The van der Waals surface area contributed by atoms with E-state index >= 15 is 0 Å². The highest BCUT2D eigenvalue weighted by atomic mass is 35.5. The number of halogens is 1. The fourth-order valence-electron chi connectivity index (χ4n) is 2.04. The van der Waals surface area contributed by atoms with Gasteiger partial charge in [0.2, 0.25) is 5.91 Å². The number of rotatable bonds is 8. The summed E-state index contributed by atoms with van der Waals surface area (Å²) in [5.74, 6) is 0.579. The lowest BCUT2D eigenvalue weighted by atomic mass is 10.2. The van der Waals surface area contributed by atoms with Crippen LogP contribution in [0.2, 0.25) is 5.02 Å². The van der Waals surface area contributed by atoms with Crippen molar-refractivity contribution < 1.29 is 14.6 Å². The van der Waals surface area contributed by atoms with Crippen molar-refractivity contribution in [3.05, 3.63) is 22.7 Å². The summed E-state index contributed by atoms with van der Waals surface area (Å²) < 4.78 is 5.05. The van der Waals surface area contributed by atoms with Gasteiger partial charge in [-0.25, -0.2) is 0 Å². The monoisotopic (exact) mass is 312 g/mol. The molecule has 3 N–H and O–H groups in total. The number of carbonyl (C=O) groups is 1. The SMILES string of the molecule is COc1cc(Cl)cc(CNCCCC(=O)NC2CC2)c1O. The van der Waals surface area contributed by atoms with Gasteiger partial charge < -0.3 is 20.5 Å². The van der Waals surface area contributed by atoms with Gasteiger partial charge >= 0.3 is 0 Å². The van der Waals surface area contributed by atoms with E-state index in [0.29, 0.717) is 41.9 Å². The van der Waals surface area contributed by atoms with Crippen LogP contribution in [-0.4, -0.2) is 30.7 Å². The molecule has 21 heavy (non-hydrogen) atoms. The minimum absolute atomic E-state index is 0.0980. The number of ether oxygens (including phenoxy) is 1. The van der Waals surface area contributed by atoms with Crippen molar-refractivity contribution in [1.82, 2.24) is 10.6 Å². The van der Waals surface area contributed by atoms with Gasteiger partial charge in [0.25, 0.3) is 0 Å². The number of phenols is 1. The number of amides is 1. The molecule has 0 atom stereocenters. The summed E-state index contributed by atoms with van der Waals surface area (Å²) in [6.07, 6.45) is 3.51. The number of phenolic OH excluding ortho intramolecular Hbond substituents is 1. The number of carbonyl (C=O) groups excluding carboxylic acids is 1. The quantitative estimate of drug-likeness (QED) is 0.644. The van der Waals surface area contributed by atoms with Crippen molar-refractivity contribution in [2.45, 2.75) is 38.3 Å². The molecule has 0 radical (unpaired) electrons. The molecule has 0 saturated heterocycles. The Balaban J connectivity index is 1.70. The summed E-state index contributed by atoms with van der Waals surface area (Å²) in [6.45, 7) is 1.18. The molecule has 1 amide bonds. The van der Waals surface area contributed by atoms with Crippen LogP contribution in [0.3, 0.4) is 0 Å². The second-order valence-corrected chi connectivity index (χ2v) is 5.67. The van der Waals surface area contributed by atoms with Gasteiger partial charge in [0.05, 0.1) is 7.11 Å². The molecule has 2 rings (SSSR count). The first-order valence-electron chi connectivity index (χ1n) is 7.15. The molecule has 1 fully saturated rings. The van der Waals surface area contributed by atoms with E-state index < -0.39 is 0 Å². The van der Waals surface area contributed by atoms with Gasteiger partial charge in [0.1, 0.15) is 0 Å². The molecule has 116 valence electrons. The molecule has 0 spiro atoms. The van der Waals surface area contributed by atoms with Crippen molar-refractivity contribution in [3.63, 3.8) is 0 Å². The Kier molecular flexibility index (Phi) is 5.70. The molecule has 0 heterocycles. The predicted molar refractivity (Wildman–Crippen MR) is 81.8 cm³/mol. The zero-order chi connectivity index (χ0) is 15.2. The summed E-state index contributed by atoms with van der Waals surface area (Å²) >= 11 is 5.96. The molecule has 1 saturated carbocycles. The molecule has 0 bridgehead atoms. The minimum atomic E-state index is 0.0980. The van der Waals surface area contributed by atoms with Crippen molar-refractivity contribution in [3.8, 4) is 11.5 Å². The van der Waals surface area contributed by atoms with Crippen LogP contribution >= 0.6 is 11.6 Å².